The number of carbonyl (C=O) groups excluding carboxylic acids is 1. The third-order valence-electron chi connectivity index (χ3n) is 2.43. The maximum Gasteiger partial charge on any atom is 0.234 e. The predicted molar refractivity (Wildman–Crippen MR) is 81.1 cm³/mol. The van der Waals surface area contributed by atoms with E-state index in [4.69, 9.17) is 5.11 Å². The maximum absolute atomic E-state index is 11.7. The van der Waals surface area contributed by atoms with Crippen LogP contribution in [0.5, 0.6) is 0 Å². The quantitative estimate of drug-likeness (QED) is 0.841. The first-order valence-corrected chi connectivity index (χ1v) is 7.65. The SMILES string of the molecule is Cc1ccc(NC(=O)CSC(C)CCO)c(Br)c1. The van der Waals surface area contributed by atoms with E-state index in [0.29, 0.717) is 17.4 Å². The molecule has 1 aromatic rings. The number of halogens is 1. The van der Waals surface area contributed by atoms with Gasteiger partial charge in [-0.1, -0.05) is 13.0 Å². The number of aliphatic hydroxyl groups excluding tert-OH is 1. The molecule has 0 aliphatic carbocycles. The molecule has 0 aliphatic heterocycles. The van der Waals surface area contributed by atoms with Crippen LogP contribution in [0.3, 0.4) is 0 Å². The Balaban J connectivity index is 2.44. The zero-order valence-electron chi connectivity index (χ0n) is 10.6. The van der Waals surface area contributed by atoms with Gasteiger partial charge in [0.2, 0.25) is 5.91 Å². The zero-order chi connectivity index (χ0) is 13.5. The van der Waals surface area contributed by atoms with Crippen LogP contribution in [0.15, 0.2) is 22.7 Å². The summed E-state index contributed by atoms with van der Waals surface area (Å²) in [5.41, 5.74) is 1.94. The van der Waals surface area contributed by atoms with Crippen molar-refractivity contribution in [2.75, 3.05) is 17.7 Å². The number of carbonyl (C=O) groups is 1. The summed E-state index contributed by atoms with van der Waals surface area (Å²) in [7, 11) is 0. The summed E-state index contributed by atoms with van der Waals surface area (Å²) in [5.74, 6) is 0.385. The molecule has 100 valence electrons. The summed E-state index contributed by atoms with van der Waals surface area (Å²) >= 11 is 4.98. The van der Waals surface area contributed by atoms with E-state index in [1.807, 2.05) is 32.0 Å². The number of aryl methyl sites for hydroxylation is 1. The summed E-state index contributed by atoms with van der Waals surface area (Å²) in [6.45, 7) is 4.18. The van der Waals surface area contributed by atoms with Crippen molar-refractivity contribution >= 4 is 39.3 Å². The summed E-state index contributed by atoms with van der Waals surface area (Å²) < 4.78 is 0.893. The molecule has 0 heterocycles. The molecule has 0 saturated heterocycles. The number of hydrogen-bond donors (Lipinski definition) is 2. The van der Waals surface area contributed by atoms with Crippen LogP contribution in [-0.2, 0) is 4.79 Å². The average Bonchev–Trinajstić information content (AvgIpc) is 2.31. The number of nitrogens with one attached hydrogen (secondary N) is 1. The second kappa shape index (κ2) is 7.81. The minimum Gasteiger partial charge on any atom is -0.396 e. The molecule has 1 atom stereocenters. The Hall–Kier alpha value is -0.520. The van der Waals surface area contributed by atoms with Crippen molar-refractivity contribution in [1.82, 2.24) is 0 Å². The number of hydrogen-bond acceptors (Lipinski definition) is 3. The number of anilines is 1. The van der Waals surface area contributed by atoms with Gasteiger partial charge in [0.1, 0.15) is 0 Å². The van der Waals surface area contributed by atoms with E-state index in [0.717, 1.165) is 15.7 Å². The maximum atomic E-state index is 11.7. The molecule has 18 heavy (non-hydrogen) atoms. The van der Waals surface area contributed by atoms with E-state index in [2.05, 4.69) is 21.2 Å². The topological polar surface area (TPSA) is 49.3 Å². The van der Waals surface area contributed by atoms with Crippen molar-refractivity contribution in [3.63, 3.8) is 0 Å². The average molecular weight is 332 g/mol. The van der Waals surface area contributed by atoms with Crippen molar-refractivity contribution in [3.8, 4) is 0 Å². The summed E-state index contributed by atoms with van der Waals surface area (Å²) in [6.07, 6.45) is 0.714. The number of benzene rings is 1. The second-order valence-electron chi connectivity index (χ2n) is 4.17. The van der Waals surface area contributed by atoms with E-state index >= 15 is 0 Å². The van der Waals surface area contributed by atoms with E-state index in [9.17, 15) is 4.79 Å². The molecular formula is C13H18BrNO2S. The van der Waals surface area contributed by atoms with Crippen molar-refractivity contribution < 1.29 is 9.90 Å². The molecular weight excluding hydrogens is 314 g/mol. The Labute approximate surface area is 120 Å². The van der Waals surface area contributed by atoms with E-state index in [-0.39, 0.29) is 12.5 Å². The highest BCUT2D eigenvalue weighted by molar-refractivity contribution is 9.10. The molecule has 0 radical (unpaired) electrons. The van der Waals surface area contributed by atoms with Gasteiger partial charge >= 0.3 is 0 Å². The van der Waals surface area contributed by atoms with Gasteiger partial charge in [-0.2, -0.15) is 0 Å². The lowest BCUT2D eigenvalue weighted by atomic mass is 10.2. The lowest BCUT2D eigenvalue weighted by Crippen LogP contribution is -2.16. The summed E-state index contributed by atoms with van der Waals surface area (Å²) in [6, 6.07) is 5.82. The highest BCUT2D eigenvalue weighted by atomic mass is 79.9. The van der Waals surface area contributed by atoms with Crippen LogP contribution in [0.25, 0.3) is 0 Å². The summed E-state index contributed by atoms with van der Waals surface area (Å²) in [5, 5.41) is 11.9. The predicted octanol–water partition coefficient (Wildman–Crippen LogP) is 3.20. The first kappa shape index (κ1) is 15.5. The standard InChI is InChI=1S/C13H18BrNO2S/c1-9-3-4-12(11(14)7-9)15-13(17)8-18-10(2)5-6-16/h3-4,7,10,16H,5-6,8H2,1-2H3,(H,15,17). The van der Waals surface area contributed by atoms with Gasteiger partial charge in [-0.25, -0.2) is 0 Å². The van der Waals surface area contributed by atoms with E-state index in [1.165, 1.54) is 0 Å². The van der Waals surface area contributed by atoms with Crippen LogP contribution < -0.4 is 5.32 Å². The molecule has 1 rings (SSSR count). The second-order valence-corrected chi connectivity index (χ2v) is 6.45. The lowest BCUT2D eigenvalue weighted by molar-refractivity contribution is -0.113. The molecule has 0 aliphatic rings. The molecule has 2 N–H and O–H groups in total. The van der Waals surface area contributed by atoms with Crippen molar-refractivity contribution in [1.29, 1.82) is 0 Å². The molecule has 1 amide bonds. The Kier molecular flexibility index (Phi) is 6.75. The number of amides is 1. The van der Waals surface area contributed by atoms with Crippen molar-refractivity contribution in [2.45, 2.75) is 25.5 Å². The lowest BCUT2D eigenvalue weighted by Gasteiger charge is -2.11. The largest absolute Gasteiger partial charge is 0.396 e. The fourth-order valence-corrected chi connectivity index (χ4v) is 2.76. The van der Waals surface area contributed by atoms with Crippen LogP contribution in [0.1, 0.15) is 18.9 Å². The Morgan fingerprint density at radius 2 is 2.28 bits per heavy atom. The normalized spacial score (nSPS) is 12.2. The van der Waals surface area contributed by atoms with Crippen LogP contribution in [-0.4, -0.2) is 28.6 Å². The smallest absolute Gasteiger partial charge is 0.234 e. The van der Waals surface area contributed by atoms with Crippen LogP contribution in [0.4, 0.5) is 5.69 Å². The van der Waals surface area contributed by atoms with E-state index in [1.54, 1.807) is 11.8 Å². The summed E-state index contributed by atoms with van der Waals surface area (Å²) in [4.78, 5) is 11.7. The molecule has 1 aromatic carbocycles. The van der Waals surface area contributed by atoms with Gasteiger partial charge in [0, 0.05) is 16.3 Å². The molecule has 0 spiro atoms. The van der Waals surface area contributed by atoms with Gasteiger partial charge < -0.3 is 10.4 Å². The number of rotatable bonds is 6. The first-order valence-electron chi connectivity index (χ1n) is 5.81. The fourth-order valence-electron chi connectivity index (χ4n) is 1.39. The van der Waals surface area contributed by atoms with Crippen molar-refractivity contribution in [3.05, 3.63) is 28.2 Å². The molecule has 0 fully saturated rings. The van der Waals surface area contributed by atoms with Crippen LogP contribution >= 0.6 is 27.7 Å². The van der Waals surface area contributed by atoms with Gasteiger partial charge in [-0.05, 0) is 47.0 Å². The monoisotopic (exact) mass is 331 g/mol. The molecule has 1 unspecified atom stereocenters. The molecule has 0 saturated carbocycles. The van der Waals surface area contributed by atoms with Gasteiger partial charge in [-0.15, -0.1) is 11.8 Å². The Morgan fingerprint density at radius 3 is 2.89 bits per heavy atom. The minimum atomic E-state index is -0.0191. The van der Waals surface area contributed by atoms with Gasteiger partial charge in [0.15, 0.2) is 0 Å². The van der Waals surface area contributed by atoms with E-state index < -0.39 is 0 Å². The molecule has 5 heteroatoms. The number of aliphatic hydroxyl groups is 1. The minimum absolute atomic E-state index is 0.0191. The molecule has 0 aromatic heterocycles. The third kappa shape index (κ3) is 5.42. The van der Waals surface area contributed by atoms with Gasteiger partial charge in [0.05, 0.1) is 11.4 Å². The highest BCUT2D eigenvalue weighted by Gasteiger charge is 2.08. The van der Waals surface area contributed by atoms with Gasteiger partial charge in [-0.3, -0.25) is 4.79 Å². The van der Waals surface area contributed by atoms with Gasteiger partial charge in [0.25, 0.3) is 0 Å². The third-order valence-corrected chi connectivity index (χ3v) is 4.32. The Morgan fingerprint density at radius 1 is 1.56 bits per heavy atom. The van der Waals surface area contributed by atoms with Crippen LogP contribution in [0, 0.1) is 6.92 Å². The number of thioether (sulfide) groups is 1. The molecule has 0 bridgehead atoms. The highest BCUT2D eigenvalue weighted by Crippen LogP contribution is 2.23. The first-order chi connectivity index (χ1) is 8.52. The van der Waals surface area contributed by atoms with Crippen LogP contribution in [0.2, 0.25) is 0 Å². The Bertz CT molecular complexity index is 412. The zero-order valence-corrected chi connectivity index (χ0v) is 13.0. The fraction of sp³-hybridized carbons (Fsp3) is 0.462. The molecule has 3 nitrogen and oxygen atoms in total. The van der Waals surface area contributed by atoms with Crippen molar-refractivity contribution in [2.24, 2.45) is 0 Å².